The molecule has 1 aliphatic heterocycles. The van der Waals surface area contributed by atoms with Crippen molar-refractivity contribution in [2.24, 2.45) is 5.92 Å². The number of anilines is 1. The van der Waals surface area contributed by atoms with Gasteiger partial charge in [-0.3, -0.25) is 0 Å². The molecule has 6 nitrogen and oxygen atoms in total. The Morgan fingerprint density at radius 1 is 1.04 bits per heavy atom. The first kappa shape index (κ1) is 21.8. The number of hydrogen-bond donors (Lipinski definition) is 1. The Morgan fingerprint density at radius 3 is 2.00 bits per heavy atom. The summed E-state index contributed by atoms with van der Waals surface area (Å²) < 4.78 is 108. The van der Waals surface area contributed by atoms with Crippen molar-refractivity contribution in [3.05, 3.63) is 24.3 Å². The van der Waals surface area contributed by atoms with Crippen LogP contribution in [0.1, 0.15) is 12.8 Å². The van der Waals surface area contributed by atoms with E-state index in [-0.39, 0.29) is 31.8 Å². The molecule has 0 aromatic heterocycles. The molecule has 0 atom stereocenters. The Bertz CT molecular complexity index is 846. The minimum Gasteiger partial charge on any atom is -0.385 e. The third-order valence-electron chi connectivity index (χ3n) is 4.22. The molecule has 27 heavy (non-hydrogen) atoms. The second-order valence-electron chi connectivity index (χ2n) is 6.00. The predicted octanol–water partition coefficient (Wildman–Crippen LogP) is 2.66. The molecule has 0 aliphatic carbocycles. The SMILES string of the molecule is O=S(=O)(c1ccc(NCC2CCN(S(=O)(=O)C(F)(F)F)CC2)cc1)C(F)F. The van der Waals surface area contributed by atoms with Gasteiger partial charge in [0.15, 0.2) is 0 Å². The van der Waals surface area contributed by atoms with Crippen LogP contribution in [-0.4, -0.2) is 52.0 Å². The highest BCUT2D eigenvalue weighted by atomic mass is 32.2. The number of alkyl halides is 5. The topological polar surface area (TPSA) is 83.6 Å². The average Bonchev–Trinajstić information content (AvgIpc) is 2.59. The number of piperidine rings is 1. The summed E-state index contributed by atoms with van der Waals surface area (Å²) in [5.41, 5.74) is -4.87. The van der Waals surface area contributed by atoms with E-state index in [2.05, 4.69) is 5.32 Å². The fourth-order valence-corrected chi connectivity index (χ4v) is 4.33. The first-order chi connectivity index (χ1) is 12.4. The molecule has 0 radical (unpaired) electrons. The maximum atomic E-state index is 12.5. The standard InChI is InChI=1S/C14H17F5N2O4S2/c15-13(16)26(22,23)12-3-1-11(2-4-12)20-9-10-5-7-21(8-6-10)27(24,25)14(17,18)19/h1-4,10,13,20H,5-9H2. The number of benzene rings is 1. The molecule has 1 heterocycles. The first-order valence-corrected chi connectivity index (χ1v) is 10.8. The van der Waals surface area contributed by atoms with Gasteiger partial charge < -0.3 is 5.32 Å². The third kappa shape index (κ3) is 4.88. The summed E-state index contributed by atoms with van der Waals surface area (Å²) >= 11 is 0. The van der Waals surface area contributed by atoms with Crippen molar-refractivity contribution >= 4 is 25.5 Å². The van der Waals surface area contributed by atoms with Crippen LogP contribution in [0.2, 0.25) is 0 Å². The van der Waals surface area contributed by atoms with Gasteiger partial charge in [0.1, 0.15) is 0 Å². The summed E-state index contributed by atoms with van der Waals surface area (Å²) in [6.07, 6.45) is 0.445. The number of rotatable bonds is 6. The van der Waals surface area contributed by atoms with Crippen molar-refractivity contribution in [2.75, 3.05) is 25.0 Å². The molecule has 1 aliphatic rings. The molecule has 1 aromatic carbocycles. The fraction of sp³-hybridized carbons (Fsp3) is 0.571. The van der Waals surface area contributed by atoms with E-state index in [0.29, 0.717) is 16.5 Å². The number of sulfone groups is 1. The molecule has 154 valence electrons. The normalized spacial score (nSPS) is 18.0. The lowest BCUT2D eigenvalue weighted by molar-refractivity contribution is -0.0496. The van der Waals surface area contributed by atoms with Crippen molar-refractivity contribution in [2.45, 2.75) is 29.0 Å². The Balaban J connectivity index is 1.89. The van der Waals surface area contributed by atoms with Crippen molar-refractivity contribution in [1.29, 1.82) is 0 Å². The van der Waals surface area contributed by atoms with E-state index >= 15 is 0 Å². The van der Waals surface area contributed by atoms with Gasteiger partial charge in [0.05, 0.1) is 4.90 Å². The van der Waals surface area contributed by atoms with Crippen LogP contribution in [0.25, 0.3) is 0 Å². The van der Waals surface area contributed by atoms with E-state index in [9.17, 15) is 38.8 Å². The summed E-state index contributed by atoms with van der Waals surface area (Å²) in [6, 6.07) is 4.67. The minimum atomic E-state index is -5.32. The summed E-state index contributed by atoms with van der Waals surface area (Å²) in [5, 5.41) is 2.93. The highest BCUT2D eigenvalue weighted by Crippen LogP contribution is 2.30. The Hall–Kier alpha value is -1.47. The van der Waals surface area contributed by atoms with Gasteiger partial charge in [-0.25, -0.2) is 16.8 Å². The molecule has 2 rings (SSSR count). The quantitative estimate of drug-likeness (QED) is 0.694. The molecular weight excluding hydrogens is 419 g/mol. The van der Waals surface area contributed by atoms with E-state index in [1.165, 1.54) is 12.1 Å². The molecule has 0 saturated carbocycles. The van der Waals surface area contributed by atoms with Crippen LogP contribution in [0.4, 0.5) is 27.6 Å². The molecule has 1 aromatic rings. The number of sulfonamides is 1. The van der Waals surface area contributed by atoms with Gasteiger partial charge in [-0.05, 0) is 43.0 Å². The summed E-state index contributed by atoms with van der Waals surface area (Å²) in [5.74, 6) is -3.61. The first-order valence-electron chi connectivity index (χ1n) is 7.78. The van der Waals surface area contributed by atoms with E-state index < -0.39 is 36.0 Å². The second-order valence-corrected chi connectivity index (χ2v) is 9.85. The largest absolute Gasteiger partial charge is 0.511 e. The summed E-state index contributed by atoms with van der Waals surface area (Å²) in [4.78, 5) is -0.520. The monoisotopic (exact) mass is 436 g/mol. The van der Waals surface area contributed by atoms with Crippen LogP contribution in [-0.2, 0) is 19.9 Å². The van der Waals surface area contributed by atoms with Gasteiger partial charge in [0, 0.05) is 25.3 Å². The lowest BCUT2D eigenvalue weighted by Crippen LogP contribution is -2.45. The third-order valence-corrected chi connectivity index (χ3v) is 7.25. The minimum absolute atomic E-state index is 0.0887. The van der Waals surface area contributed by atoms with Gasteiger partial charge in [-0.15, -0.1) is 0 Å². The summed E-state index contributed by atoms with van der Waals surface area (Å²) in [6.45, 7) is -0.180. The lowest BCUT2D eigenvalue weighted by atomic mass is 9.98. The molecule has 1 N–H and O–H groups in total. The van der Waals surface area contributed by atoms with Gasteiger partial charge in [0.2, 0.25) is 9.84 Å². The van der Waals surface area contributed by atoms with E-state index in [1.807, 2.05) is 0 Å². The Labute approximate surface area is 153 Å². The zero-order valence-electron chi connectivity index (χ0n) is 13.8. The molecule has 0 unspecified atom stereocenters. The van der Waals surface area contributed by atoms with Crippen molar-refractivity contribution < 1.29 is 38.8 Å². The van der Waals surface area contributed by atoms with Crippen molar-refractivity contribution in [1.82, 2.24) is 4.31 Å². The molecule has 1 saturated heterocycles. The molecule has 0 amide bonds. The lowest BCUT2D eigenvalue weighted by Gasteiger charge is -2.31. The van der Waals surface area contributed by atoms with Gasteiger partial charge >= 0.3 is 21.3 Å². The Kier molecular flexibility index (Phi) is 6.37. The highest BCUT2D eigenvalue weighted by Gasteiger charge is 2.50. The van der Waals surface area contributed by atoms with E-state index in [4.69, 9.17) is 0 Å². The van der Waals surface area contributed by atoms with E-state index in [0.717, 1.165) is 12.1 Å². The summed E-state index contributed by atoms with van der Waals surface area (Å²) in [7, 11) is -10.00. The molecular formula is C14H17F5N2O4S2. The van der Waals surface area contributed by atoms with E-state index in [1.54, 1.807) is 0 Å². The number of halogens is 5. The number of hydrogen-bond acceptors (Lipinski definition) is 5. The predicted molar refractivity (Wildman–Crippen MR) is 87.4 cm³/mol. The zero-order chi connectivity index (χ0) is 20.5. The van der Waals surface area contributed by atoms with Crippen molar-refractivity contribution in [3.8, 4) is 0 Å². The van der Waals surface area contributed by atoms with Crippen molar-refractivity contribution in [3.63, 3.8) is 0 Å². The Morgan fingerprint density at radius 2 is 1.56 bits per heavy atom. The van der Waals surface area contributed by atoms with Crippen LogP contribution >= 0.6 is 0 Å². The zero-order valence-corrected chi connectivity index (χ0v) is 15.4. The molecule has 0 spiro atoms. The second kappa shape index (κ2) is 7.87. The van der Waals surface area contributed by atoms with Gasteiger partial charge in [-0.1, -0.05) is 0 Å². The maximum Gasteiger partial charge on any atom is 0.511 e. The average molecular weight is 436 g/mol. The number of nitrogens with zero attached hydrogens (tertiary/aromatic N) is 1. The molecule has 0 bridgehead atoms. The van der Waals surface area contributed by atoms with Crippen LogP contribution in [0.5, 0.6) is 0 Å². The smallest absolute Gasteiger partial charge is 0.385 e. The van der Waals surface area contributed by atoms with Crippen LogP contribution in [0.15, 0.2) is 29.2 Å². The molecule has 1 fully saturated rings. The number of nitrogens with one attached hydrogen (secondary N) is 1. The maximum absolute atomic E-state index is 12.5. The highest BCUT2D eigenvalue weighted by molar-refractivity contribution is 7.91. The van der Waals surface area contributed by atoms with Gasteiger partial charge in [0.25, 0.3) is 0 Å². The van der Waals surface area contributed by atoms with Crippen LogP contribution in [0.3, 0.4) is 0 Å². The van der Waals surface area contributed by atoms with Crippen LogP contribution < -0.4 is 5.32 Å². The van der Waals surface area contributed by atoms with Crippen LogP contribution in [0, 0.1) is 5.92 Å². The fourth-order valence-electron chi connectivity index (χ4n) is 2.63. The van der Waals surface area contributed by atoms with Gasteiger partial charge in [-0.2, -0.15) is 26.3 Å². The molecule has 13 heteroatoms.